The van der Waals surface area contributed by atoms with Crippen molar-refractivity contribution in [3.8, 4) is 0 Å². The fourth-order valence-electron chi connectivity index (χ4n) is 3.40. The molecule has 1 saturated heterocycles. The summed E-state index contributed by atoms with van der Waals surface area (Å²) in [6.07, 6.45) is 0.924. The molecule has 1 fully saturated rings. The molecule has 1 aliphatic heterocycles. The highest BCUT2D eigenvalue weighted by Gasteiger charge is 2.24. The molecule has 2 aromatic rings. The van der Waals surface area contributed by atoms with Crippen LogP contribution in [0.2, 0.25) is 10.0 Å². The third-order valence-electron chi connectivity index (χ3n) is 5.09. The van der Waals surface area contributed by atoms with Crippen LogP contribution in [0.25, 0.3) is 0 Å². The lowest BCUT2D eigenvalue weighted by molar-refractivity contribution is -0.120. The van der Waals surface area contributed by atoms with Crippen LogP contribution in [0.4, 0.5) is 10.1 Å². The van der Waals surface area contributed by atoms with Crippen molar-refractivity contribution in [1.29, 1.82) is 0 Å². The van der Waals surface area contributed by atoms with E-state index in [0.29, 0.717) is 27.8 Å². The molecular formula is C21H24Cl2FN3O. The number of anilines is 1. The second kappa shape index (κ2) is 9.70. The fraction of sp³-hybridized carbons (Fsp3) is 0.381. The van der Waals surface area contributed by atoms with Crippen LogP contribution in [-0.2, 0) is 11.3 Å². The molecule has 150 valence electrons. The molecular weight excluding hydrogens is 400 g/mol. The van der Waals surface area contributed by atoms with Gasteiger partial charge in [0.1, 0.15) is 5.82 Å². The summed E-state index contributed by atoms with van der Waals surface area (Å²) in [5, 5.41) is 3.82. The van der Waals surface area contributed by atoms with Gasteiger partial charge < -0.3 is 5.32 Å². The highest BCUT2D eigenvalue weighted by atomic mass is 35.5. The molecule has 2 aromatic carbocycles. The summed E-state index contributed by atoms with van der Waals surface area (Å²) in [6.45, 7) is 5.71. The van der Waals surface area contributed by atoms with Gasteiger partial charge in [-0.05, 0) is 44.2 Å². The van der Waals surface area contributed by atoms with Gasteiger partial charge in [0.2, 0.25) is 5.91 Å². The molecule has 1 atom stereocenters. The van der Waals surface area contributed by atoms with Crippen LogP contribution in [0.1, 0.15) is 18.9 Å². The Balaban J connectivity index is 1.56. The van der Waals surface area contributed by atoms with E-state index in [-0.39, 0.29) is 17.8 Å². The number of carbonyl (C=O) groups excluding carboxylic acids is 1. The number of rotatable bonds is 5. The molecule has 1 unspecified atom stereocenters. The first-order chi connectivity index (χ1) is 13.4. The first-order valence-electron chi connectivity index (χ1n) is 9.40. The van der Waals surface area contributed by atoms with Crippen LogP contribution in [0.3, 0.4) is 0 Å². The molecule has 0 saturated carbocycles. The van der Waals surface area contributed by atoms with Gasteiger partial charge in [0.05, 0.1) is 16.8 Å². The van der Waals surface area contributed by atoms with E-state index in [4.69, 9.17) is 23.2 Å². The number of halogens is 3. The molecule has 7 heteroatoms. The average Bonchev–Trinajstić information content (AvgIpc) is 2.91. The molecule has 1 heterocycles. The Kier molecular flexibility index (Phi) is 7.30. The van der Waals surface area contributed by atoms with Crippen molar-refractivity contribution in [3.63, 3.8) is 0 Å². The van der Waals surface area contributed by atoms with E-state index in [9.17, 15) is 9.18 Å². The molecule has 4 nitrogen and oxygen atoms in total. The first kappa shape index (κ1) is 21.1. The van der Waals surface area contributed by atoms with Gasteiger partial charge in [-0.1, -0.05) is 41.4 Å². The van der Waals surface area contributed by atoms with Crippen molar-refractivity contribution in [2.24, 2.45) is 0 Å². The minimum Gasteiger partial charge on any atom is -0.323 e. The second-order valence-electron chi connectivity index (χ2n) is 7.05. The number of nitrogens with zero attached hydrogens (tertiary/aromatic N) is 2. The zero-order valence-corrected chi connectivity index (χ0v) is 17.3. The molecule has 1 N–H and O–H groups in total. The maximum Gasteiger partial charge on any atom is 0.241 e. The van der Waals surface area contributed by atoms with Crippen molar-refractivity contribution in [1.82, 2.24) is 9.80 Å². The monoisotopic (exact) mass is 423 g/mol. The van der Waals surface area contributed by atoms with Gasteiger partial charge in [-0.2, -0.15) is 0 Å². The number of amides is 1. The lowest BCUT2D eigenvalue weighted by Crippen LogP contribution is -2.43. The van der Waals surface area contributed by atoms with E-state index < -0.39 is 0 Å². The number of nitrogens with one attached hydrogen (secondary N) is 1. The van der Waals surface area contributed by atoms with E-state index in [1.165, 1.54) is 6.07 Å². The quantitative estimate of drug-likeness (QED) is 0.758. The van der Waals surface area contributed by atoms with Gasteiger partial charge in [0.15, 0.2) is 0 Å². The normalized spacial score (nSPS) is 17.1. The van der Waals surface area contributed by atoms with Crippen molar-refractivity contribution < 1.29 is 9.18 Å². The predicted octanol–water partition coefficient (Wildman–Crippen LogP) is 4.67. The van der Waals surface area contributed by atoms with Gasteiger partial charge in [-0.15, -0.1) is 0 Å². The molecule has 1 amide bonds. The summed E-state index contributed by atoms with van der Waals surface area (Å²) in [5.74, 6) is -0.275. The number of benzene rings is 2. The van der Waals surface area contributed by atoms with Gasteiger partial charge in [0, 0.05) is 36.8 Å². The van der Waals surface area contributed by atoms with Crippen LogP contribution >= 0.6 is 23.2 Å². The Morgan fingerprint density at radius 1 is 1.14 bits per heavy atom. The van der Waals surface area contributed by atoms with E-state index in [1.54, 1.807) is 24.3 Å². The van der Waals surface area contributed by atoms with E-state index in [0.717, 1.165) is 32.6 Å². The maximum atomic E-state index is 13.9. The topological polar surface area (TPSA) is 35.6 Å². The van der Waals surface area contributed by atoms with Crippen LogP contribution in [0.15, 0.2) is 42.5 Å². The number of carbonyl (C=O) groups is 1. The first-order valence-corrected chi connectivity index (χ1v) is 10.2. The Morgan fingerprint density at radius 2 is 1.93 bits per heavy atom. The fourth-order valence-corrected chi connectivity index (χ4v) is 3.85. The Bertz CT molecular complexity index is 833. The van der Waals surface area contributed by atoms with Crippen molar-refractivity contribution >= 4 is 34.8 Å². The lowest BCUT2D eigenvalue weighted by atomic mass is 10.2. The van der Waals surface area contributed by atoms with Gasteiger partial charge in [-0.25, -0.2) is 4.39 Å². The van der Waals surface area contributed by atoms with Crippen molar-refractivity contribution in [2.75, 3.05) is 31.5 Å². The summed E-state index contributed by atoms with van der Waals surface area (Å²) in [5.41, 5.74) is 1.26. The van der Waals surface area contributed by atoms with E-state index >= 15 is 0 Å². The molecule has 28 heavy (non-hydrogen) atoms. The number of hydrogen-bond acceptors (Lipinski definition) is 3. The molecule has 0 bridgehead atoms. The van der Waals surface area contributed by atoms with Crippen LogP contribution in [0.5, 0.6) is 0 Å². The lowest BCUT2D eigenvalue weighted by Gasteiger charge is -2.27. The van der Waals surface area contributed by atoms with Gasteiger partial charge >= 0.3 is 0 Å². The number of hydrogen-bond donors (Lipinski definition) is 1. The van der Waals surface area contributed by atoms with Gasteiger partial charge in [0.25, 0.3) is 0 Å². The predicted molar refractivity (Wildman–Crippen MR) is 112 cm³/mol. The van der Waals surface area contributed by atoms with Gasteiger partial charge in [-0.3, -0.25) is 14.6 Å². The molecule has 0 aliphatic carbocycles. The SMILES string of the molecule is CC(C(=O)Nc1ccc(Cl)cc1Cl)N1CCCN(Cc2ccccc2F)CC1. The summed E-state index contributed by atoms with van der Waals surface area (Å²) in [6, 6.07) is 11.6. The smallest absolute Gasteiger partial charge is 0.241 e. The molecule has 1 aliphatic rings. The van der Waals surface area contributed by atoms with Crippen LogP contribution in [0, 0.1) is 5.82 Å². The average molecular weight is 424 g/mol. The second-order valence-corrected chi connectivity index (χ2v) is 7.89. The maximum absolute atomic E-state index is 13.9. The molecule has 3 rings (SSSR count). The zero-order valence-electron chi connectivity index (χ0n) is 15.8. The molecule has 0 radical (unpaired) electrons. The minimum absolute atomic E-state index is 0.105. The summed E-state index contributed by atoms with van der Waals surface area (Å²) >= 11 is 12.1. The zero-order chi connectivity index (χ0) is 20.1. The largest absolute Gasteiger partial charge is 0.323 e. The highest BCUT2D eigenvalue weighted by Crippen LogP contribution is 2.25. The Morgan fingerprint density at radius 3 is 2.68 bits per heavy atom. The Hall–Kier alpha value is -1.66. The van der Waals surface area contributed by atoms with E-state index in [2.05, 4.69) is 15.1 Å². The van der Waals surface area contributed by atoms with Crippen LogP contribution < -0.4 is 5.32 Å². The highest BCUT2D eigenvalue weighted by molar-refractivity contribution is 6.36. The summed E-state index contributed by atoms with van der Waals surface area (Å²) < 4.78 is 13.9. The molecule has 0 aromatic heterocycles. The standard InChI is InChI=1S/C21H24Cl2FN3O/c1-15(21(28)25-20-8-7-17(22)13-18(20)23)27-10-4-9-26(11-12-27)14-16-5-2-3-6-19(16)24/h2-3,5-8,13,15H,4,9-12,14H2,1H3,(H,25,28). The van der Waals surface area contributed by atoms with Crippen LogP contribution in [-0.4, -0.2) is 47.9 Å². The third kappa shape index (κ3) is 5.45. The van der Waals surface area contributed by atoms with Crippen molar-refractivity contribution in [3.05, 3.63) is 63.9 Å². The van der Waals surface area contributed by atoms with E-state index in [1.807, 2.05) is 19.1 Å². The summed E-state index contributed by atoms with van der Waals surface area (Å²) in [7, 11) is 0. The Labute approximate surface area is 175 Å². The van der Waals surface area contributed by atoms with Crippen molar-refractivity contribution in [2.45, 2.75) is 25.9 Å². The minimum atomic E-state index is -0.292. The summed E-state index contributed by atoms with van der Waals surface area (Å²) in [4.78, 5) is 17.1. The third-order valence-corrected chi connectivity index (χ3v) is 5.64. The molecule has 0 spiro atoms.